The smallest absolute Gasteiger partial charge is 0.245 e. The van der Waals surface area contributed by atoms with Crippen LogP contribution in [-0.4, -0.2) is 72.3 Å². The first-order valence-corrected chi connectivity index (χ1v) is 12.8. The third kappa shape index (κ3) is 4.97. The molecule has 180 valence electrons. The van der Waals surface area contributed by atoms with Gasteiger partial charge in [-0.05, 0) is 76.0 Å². The first-order valence-electron chi connectivity index (χ1n) is 12.8. The van der Waals surface area contributed by atoms with Crippen LogP contribution in [0.5, 0.6) is 0 Å². The molecule has 5 rings (SSSR count). The maximum Gasteiger partial charge on any atom is 0.245 e. The lowest BCUT2D eigenvalue weighted by molar-refractivity contribution is -0.151. The molecule has 0 spiro atoms. The Morgan fingerprint density at radius 2 is 1.38 bits per heavy atom. The van der Waals surface area contributed by atoms with Crippen molar-refractivity contribution in [3.8, 4) is 0 Å². The van der Waals surface area contributed by atoms with Crippen molar-refractivity contribution in [3.63, 3.8) is 0 Å². The van der Waals surface area contributed by atoms with Crippen molar-refractivity contribution in [2.24, 2.45) is 29.1 Å². The zero-order valence-corrected chi connectivity index (χ0v) is 20.4. The Morgan fingerprint density at radius 3 is 1.84 bits per heavy atom. The van der Waals surface area contributed by atoms with E-state index < -0.39 is 6.04 Å². The Balaban J connectivity index is 1.33. The van der Waals surface area contributed by atoms with Gasteiger partial charge in [0.05, 0.1) is 6.54 Å². The molecule has 4 bridgehead atoms. The fraction of sp³-hybridized carbons (Fsp3) is 0.880. The number of hydrogen-bond donors (Lipinski definition) is 2. The fourth-order valence-electron chi connectivity index (χ4n) is 7.09. The molecule has 0 radical (unpaired) electrons. The Kier molecular flexibility index (Phi) is 6.85. The number of rotatable bonds is 7. The van der Waals surface area contributed by atoms with Gasteiger partial charge in [-0.2, -0.15) is 0 Å². The highest BCUT2D eigenvalue weighted by atomic mass is 16.2. The third-order valence-corrected chi connectivity index (χ3v) is 8.24. The summed E-state index contributed by atoms with van der Waals surface area (Å²) in [4.78, 5) is 42.9. The largest absolute Gasteiger partial charge is 0.353 e. The lowest BCUT2D eigenvalue weighted by atomic mass is 9.49. The molecular weight excluding hydrogens is 404 g/mol. The summed E-state index contributed by atoms with van der Waals surface area (Å²) >= 11 is 0. The van der Waals surface area contributed by atoms with Gasteiger partial charge in [0, 0.05) is 37.6 Å². The van der Waals surface area contributed by atoms with Gasteiger partial charge in [0.2, 0.25) is 17.7 Å². The third-order valence-electron chi connectivity index (χ3n) is 8.24. The van der Waals surface area contributed by atoms with E-state index in [1.54, 1.807) is 0 Å². The van der Waals surface area contributed by atoms with Crippen molar-refractivity contribution in [1.29, 1.82) is 0 Å². The van der Waals surface area contributed by atoms with E-state index in [1.165, 1.54) is 19.3 Å². The molecule has 7 heteroatoms. The van der Waals surface area contributed by atoms with Crippen LogP contribution in [0, 0.1) is 29.1 Å². The molecule has 2 N–H and O–H groups in total. The number of nitrogens with one attached hydrogen (secondary N) is 2. The van der Waals surface area contributed by atoms with Crippen molar-refractivity contribution in [2.75, 3.05) is 32.7 Å². The van der Waals surface area contributed by atoms with Gasteiger partial charge in [-0.3, -0.25) is 19.3 Å². The first kappa shape index (κ1) is 23.5. The quantitative estimate of drug-likeness (QED) is 0.627. The Bertz CT molecular complexity index is 691. The van der Waals surface area contributed by atoms with E-state index in [1.807, 2.05) is 32.6 Å². The van der Waals surface area contributed by atoms with Crippen molar-refractivity contribution in [1.82, 2.24) is 20.4 Å². The van der Waals surface area contributed by atoms with Gasteiger partial charge in [0.15, 0.2) is 0 Å². The predicted octanol–water partition coefficient (Wildman–Crippen LogP) is 2.01. The van der Waals surface area contributed by atoms with Crippen molar-refractivity contribution < 1.29 is 14.4 Å². The number of amides is 3. The van der Waals surface area contributed by atoms with Crippen LogP contribution < -0.4 is 10.6 Å². The summed E-state index contributed by atoms with van der Waals surface area (Å²) < 4.78 is 0. The molecule has 32 heavy (non-hydrogen) atoms. The minimum absolute atomic E-state index is 0.0302. The molecule has 5 aliphatic rings. The van der Waals surface area contributed by atoms with Crippen LogP contribution in [0.15, 0.2) is 0 Å². The molecule has 4 aliphatic carbocycles. The number of carbonyl (C=O) groups excluding carboxylic acids is 3. The van der Waals surface area contributed by atoms with Crippen LogP contribution in [0.25, 0.3) is 0 Å². The first-order chi connectivity index (χ1) is 15.1. The van der Waals surface area contributed by atoms with Gasteiger partial charge in [-0.25, -0.2) is 0 Å². The summed E-state index contributed by atoms with van der Waals surface area (Å²) in [5.41, 5.74) is -0.232. The van der Waals surface area contributed by atoms with Crippen LogP contribution in [0.2, 0.25) is 0 Å². The second kappa shape index (κ2) is 9.32. The van der Waals surface area contributed by atoms with E-state index >= 15 is 0 Å². The van der Waals surface area contributed by atoms with Crippen LogP contribution in [0.4, 0.5) is 0 Å². The molecule has 5 fully saturated rings. The van der Waals surface area contributed by atoms with Gasteiger partial charge in [-0.1, -0.05) is 13.8 Å². The SMILES string of the molecule is CC(C)NC(=O)CN1CCN(C(=O)C(NC(=O)C23CC4CC(CC(C4)C2)C3)C(C)C)CC1. The predicted molar refractivity (Wildman–Crippen MR) is 124 cm³/mol. The highest BCUT2D eigenvalue weighted by Gasteiger charge is 2.55. The fourth-order valence-corrected chi connectivity index (χ4v) is 7.09. The monoisotopic (exact) mass is 446 g/mol. The molecule has 1 unspecified atom stereocenters. The molecule has 1 atom stereocenters. The normalized spacial score (nSPS) is 32.9. The molecule has 4 saturated carbocycles. The highest BCUT2D eigenvalue weighted by Crippen LogP contribution is 2.60. The standard InChI is InChI=1S/C25H42N4O3/c1-16(2)22(23(31)29-7-5-28(6-8-29)15-21(30)26-17(3)4)27-24(32)25-12-18-9-19(13-25)11-20(10-18)14-25/h16-20,22H,5-15H2,1-4H3,(H,26,30)(H,27,32). The zero-order chi connectivity index (χ0) is 23.0. The van der Waals surface area contributed by atoms with E-state index in [0.717, 1.165) is 19.3 Å². The van der Waals surface area contributed by atoms with Gasteiger partial charge < -0.3 is 15.5 Å². The van der Waals surface area contributed by atoms with Gasteiger partial charge in [0.1, 0.15) is 6.04 Å². The molecule has 0 aromatic carbocycles. The average Bonchev–Trinajstić information content (AvgIpc) is 2.70. The van der Waals surface area contributed by atoms with Crippen LogP contribution >= 0.6 is 0 Å². The number of hydrogen-bond acceptors (Lipinski definition) is 4. The van der Waals surface area contributed by atoms with E-state index in [4.69, 9.17) is 0 Å². The van der Waals surface area contributed by atoms with Crippen LogP contribution in [-0.2, 0) is 14.4 Å². The van der Waals surface area contributed by atoms with Crippen molar-refractivity contribution >= 4 is 17.7 Å². The lowest BCUT2D eigenvalue weighted by Gasteiger charge is -2.56. The molecule has 0 aromatic heterocycles. The van der Waals surface area contributed by atoms with Crippen molar-refractivity contribution in [3.05, 3.63) is 0 Å². The minimum atomic E-state index is -0.466. The van der Waals surface area contributed by atoms with Gasteiger partial charge in [-0.15, -0.1) is 0 Å². The zero-order valence-electron chi connectivity index (χ0n) is 20.4. The molecule has 7 nitrogen and oxygen atoms in total. The molecule has 1 saturated heterocycles. The van der Waals surface area contributed by atoms with E-state index in [-0.39, 0.29) is 35.1 Å². The molecular formula is C25H42N4O3. The number of piperazine rings is 1. The van der Waals surface area contributed by atoms with E-state index in [2.05, 4.69) is 15.5 Å². The van der Waals surface area contributed by atoms with Gasteiger partial charge in [0.25, 0.3) is 0 Å². The summed E-state index contributed by atoms with van der Waals surface area (Å²) in [6.07, 6.45) is 6.96. The van der Waals surface area contributed by atoms with Gasteiger partial charge >= 0.3 is 0 Å². The summed E-state index contributed by atoms with van der Waals surface area (Å²) in [6, 6.07) is -0.332. The maximum atomic E-state index is 13.5. The Hall–Kier alpha value is -1.63. The summed E-state index contributed by atoms with van der Waals surface area (Å²) in [6.45, 7) is 10.9. The molecule has 1 heterocycles. The Morgan fingerprint density at radius 1 is 0.844 bits per heavy atom. The second-order valence-electron chi connectivity index (χ2n) is 11.7. The lowest BCUT2D eigenvalue weighted by Crippen LogP contribution is -2.60. The molecule has 0 aromatic rings. The Labute approximate surface area is 193 Å². The number of carbonyl (C=O) groups is 3. The van der Waals surface area contributed by atoms with Crippen LogP contribution in [0.3, 0.4) is 0 Å². The highest BCUT2D eigenvalue weighted by molar-refractivity contribution is 5.90. The average molecular weight is 447 g/mol. The second-order valence-corrected chi connectivity index (χ2v) is 11.7. The summed E-state index contributed by atoms with van der Waals surface area (Å²) in [5.74, 6) is 2.37. The maximum absolute atomic E-state index is 13.5. The number of nitrogens with zero attached hydrogens (tertiary/aromatic N) is 2. The summed E-state index contributed by atoms with van der Waals surface area (Å²) in [7, 11) is 0. The minimum Gasteiger partial charge on any atom is -0.353 e. The van der Waals surface area contributed by atoms with E-state index in [9.17, 15) is 14.4 Å². The summed E-state index contributed by atoms with van der Waals surface area (Å²) in [5, 5.41) is 6.15. The van der Waals surface area contributed by atoms with E-state index in [0.29, 0.717) is 50.5 Å². The topological polar surface area (TPSA) is 81.8 Å². The van der Waals surface area contributed by atoms with Crippen LogP contribution in [0.1, 0.15) is 66.2 Å². The van der Waals surface area contributed by atoms with Crippen molar-refractivity contribution in [2.45, 2.75) is 78.3 Å². The molecule has 1 aliphatic heterocycles. The molecule has 3 amide bonds.